The van der Waals surface area contributed by atoms with E-state index in [1.165, 1.54) is 23.3 Å². The zero-order valence-electron chi connectivity index (χ0n) is 11.3. The number of nitrogen functional groups attached to an aromatic ring is 1. The number of nitriles is 1. The lowest BCUT2D eigenvalue weighted by atomic mass is 10.1. The van der Waals surface area contributed by atoms with Gasteiger partial charge in [0.05, 0.1) is 31.0 Å². The molecule has 1 aromatic heterocycles. The van der Waals surface area contributed by atoms with Crippen LogP contribution < -0.4 is 5.73 Å². The van der Waals surface area contributed by atoms with Crippen molar-refractivity contribution in [1.29, 1.82) is 5.26 Å². The molecule has 0 saturated carbocycles. The summed E-state index contributed by atoms with van der Waals surface area (Å²) in [6.45, 7) is 0.498. The highest BCUT2D eigenvalue weighted by atomic mass is 19.1. The van der Waals surface area contributed by atoms with Crippen LogP contribution in [-0.2, 0) is 6.54 Å². The van der Waals surface area contributed by atoms with Crippen molar-refractivity contribution in [2.45, 2.75) is 13.0 Å². The van der Waals surface area contributed by atoms with Crippen molar-refractivity contribution in [2.75, 3.05) is 12.3 Å². The average Bonchev–Trinajstić information content (AvgIpc) is 2.98. The summed E-state index contributed by atoms with van der Waals surface area (Å²) in [6, 6.07) is 9.27. The van der Waals surface area contributed by atoms with Crippen molar-refractivity contribution in [1.82, 2.24) is 4.90 Å². The van der Waals surface area contributed by atoms with Gasteiger partial charge in [-0.05, 0) is 30.3 Å². The molecule has 0 spiro atoms. The summed E-state index contributed by atoms with van der Waals surface area (Å²) in [5.41, 5.74) is 5.67. The number of hydrogen-bond donors (Lipinski definition) is 1. The Labute approximate surface area is 121 Å². The van der Waals surface area contributed by atoms with Crippen LogP contribution in [0.1, 0.15) is 22.5 Å². The maximum atomic E-state index is 13.2. The molecular formula is C15H14FN3O2. The average molecular weight is 287 g/mol. The van der Waals surface area contributed by atoms with Gasteiger partial charge >= 0.3 is 0 Å². The molecule has 2 aromatic rings. The van der Waals surface area contributed by atoms with Crippen LogP contribution in [0.3, 0.4) is 0 Å². The lowest BCUT2D eigenvalue weighted by molar-refractivity contribution is 0.0735. The number of carbonyl (C=O) groups excluding carboxylic acids is 1. The summed E-state index contributed by atoms with van der Waals surface area (Å²) in [4.78, 5) is 13.9. The summed E-state index contributed by atoms with van der Waals surface area (Å²) in [6.07, 6.45) is 1.71. The molecule has 108 valence electrons. The molecule has 0 unspecified atom stereocenters. The molecule has 6 heteroatoms. The Morgan fingerprint density at radius 3 is 2.86 bits per heavy atom. The number of carbonyl (C=O) groups is 1. The van der Waals surface area contributed by atoms with E-state index in [0.717, 1.165) is 6.07 Å². The third-order valence-electron chi connectivity index (χ3n) is 2.95. The van der Waals surface area contributed by atoms with Gasteiger partial charge in [-0.15, -0.1) is 0 Å². The third-order valence-corrected chi connectivity index (χ3v) is 2.95. The van der Waals surface area contributed by atoms with Crippen LogP contribution in [0.25, 0.3) is 0 Å². The van der Waals surface area contributed by atoms with Crippen LogP contribution in [0.5, 0.6) is 0 Å². The van der Waals surface area contributed by atoms with Crippen molar-refractivity contribution in [3.05, 3.63) is 53.7 Å². The van der Waals surface area contributed by atoms with Gasteiger partial charge in [-0.1, -0.05) is 0 Å². The zero-order valence-corrected chi connectivity index (χ0v) is 11.3. The second-order valence-electron chi connectivity index (χ2n) is 4.45. The molecule has 0 bridgehead atoms. The van der Waals surface area contributed by atoms with E-state index in [0.29, 0.717) is 5.76 Å². The van der Waals surface area contributed by atoms with Gasteiger partial charge < -0.3 is 15.1 Å². The molecule has 1 heterocycles. The van der Waals surface area contributed by atoms with Crippen LogP contribution in [0.15, 0.2) is 41.0 Å². The van der Waals surface area contributed by atoms with Gasteiger partial charge in [0, 0.05) is 12.1 Å². The lowest BCUT2D eigenvalue weighted by Gasteiger charge is -2.20. The number of rotatable bonds is 5. The fraction of sp³-hybridized carbons (Fsp3) is 0.200. The molecule has 0 radical (unpaired) electrons. The minimum Gasteiger partial charge on any atom is -0.467 e. The number of halogens is 1. The normalized spacial score (nSPS) is 10.1. The predicted octanol–water partition coefficient (Wildman–Crippen LogP) is 2.56. The number of hydrogen-bond acceptors (Lipinski definition) is 4. The Hall–Kier alpha value is -2.81. The number of furan rings is 1. The molecule has 1 aromatic carbocycles. The second kappa shape index (κ2) is 6.57. The summed E-state index contributed by atoms with van der Waals surface area (Å²) in [7, 11) is 0. The van der Waals surface area contributed by atoms with Crippen molar-refractivity contribution in [2.24, 2.45) is 0 Å². The van der Waals surface area contributed by atoms with E-state index < -0.39 is 5.82 Å². The van der Waals surface area contributed by atoms with E-state index in [1.807, 2.05) is 6.07 Å². The fourth-order valence-corrected chi connectivity index (χ4v) is 1.89. The van der Waals surface area contributed by atoms with Gasteiger partial charge in [-0.2, -0.15) is 5.26 Å². The van der Waals surface area contributed by atoms with Gasteiger partial charge in [-0.3, -0.25) is 4.79 Å². The molecule has 2 rings (SSSR count). The second-order valence-corrected chi connectivity index (χ2v) is 4.45. The van der Waals surface area contributed by atoms with Crippen molar-refractivity contribution in [3.8, 4) is 6.07 Å². The molecule has 2 N–H and O–H groups in total. The predicted molar refractivity (Wildman–Crippen MR) is 74.5 cm³/mol. The Morgan fingerprint density at radius 1 is 1.43 bits per heavy atom. The smallest absolute Gasteiger partial charge is 0.254 e. The number of amides is 1. The van der Waals surface area contributed by atoms with Crippen molar-refractivity contribution >= 4 is 11.6 Å². The van der Waals surface area contributed by atoms with Crippen molar-refractivity contribution in [3.63, 3.8) is 0 Å². The minimum absolute atomic E-state index is 0.0842. The molecule has 5 nitrogen and oxygen atoms in total. The molecule has 0 aliphatic carbocycles. The van der Waals surface area contributed by atoms with E-state index in [4.69, 9.17) is 15.4 Å². The third kappa shape index (κ3) is 3.60. The van der Waals surface area contributed by atoms with Crippen molar-refractivity contribution < 1.29 is 13.6 Å². The van der Waals surface area contributed by atoms with E-state index in [9.17, 15) is 9.18 Å². The SMILES string of the molecule is N#CCCN(Cc1ccco1)C(=O)c1ccc(F)c(N)c1. The summed E-state index contributed by atoms with van der Waals surface area (Å²) in [5, 5.41) is 8.69. The number of nitrogens with zero attached hydrogens (tertiary/aromatic N) is 2. The van der Waals surface area contributed by atoms with Crippen LogP contribution in [0.4, 0.5) is 10.1 Å². The highest BCUT2D eigenvalue weighted by Crippen LogP contribution is 2.16. The number of benzene rings is 1. The monoisotopic (exact) mass is 287 g/mol. The highest BCUT2D eigenvalue weighted by molar-refractivity contribution is 5.95. The first-order valence-electron chi connectivity index (χ1n) is 6.35. The first-order chi connectivity index (χ1) is 10.1. The van der Waals surface area contributed by atoms with E-state index in [2.05, 4.69) is 0 Å². The Bertz CT molecular complexity index is 662. The standard InChI is InChI=1S/C15H14FN3O2/c16-13-5-4-11(9-14(13)18)15(20)19(7-2-6-17)10-12-3-1-8-21-12/h1,3-5,8-9H,2,7,10,18H2. The summed E-state index contributed by atoms with van der Waals surface area (Å²) in [5.74, 6) is -0.286. The Morgan fingerprint density at radius 2 is 2.24 bits per heavy atom. The largest absolute Gasteiger partial charge is 0.467 e. The van der Waals surface area contributed by atoms with Gasteiger partial charge in [0.2, 0.25) is 0 Å². The maximum Gasteiger partial charge on any atom is 0.254 e. The van der Waals surface area contributed by atoms with Gasteiger partial charge in [0.1, 0.15) is 11.6 Å². The van der Waals surface area contributed by atoms with Gasteiger partial charge in [-0.25, -0.2) is 4.39 Å². The Kier molecular flexibility index (Phi) is 4.57. The van der Waals surface area contributed by atoms with Gasteiger partial charge in [0.15, 0.2) is 0 Å². The van der Waals surface area contributed by atoms with Crippen LogP contribution >= 0.6 is 0 Å². The Balaban J connectivity index is 2.20. The van der Waals surface area contributed by atoms with Gasteiger partial charge in [0.25, 0.3) is 5.91 Å². The van der Waals surface area contributed by atoms with Crippen LogP contribution in [-0.4, -0.2) is 17.4 Å². The number of anilines is 1. The first-order valence-corrected chi connectivity index (χ1v) is 6.35. The molecule has 21 heavy (non-hydrogen) atoms. The molecule has 0 atom stereocenters. The molecular weight excluding hydrogens is 273 g/mol. The zero-order chi connectivity index (χ0) is 15.2. The lowest BCUT2D eigenvalue weighted by Crippen LogP contribution is -2.31. The molecule has 0 saturated heterocycles. The molecule has 0 aliphatic heterocycles. The summed E-state index contributed by atoms with van der Waals surface area (Å²) >= 11 is 0. The molecule has 1 amide bonds. The van der Waals surface area contributed by atoms with E-state index in [1.54, 1.807) is 12.1 Å². The fourth-order valence-electron chi connectivity index (χ4n) is 1.89. The minimum atomic E-state index is -0.568. The maximum absolute atomic E-state index is 13.2. The molecule has 0 aliphatic rings. The molecule has 0 fully saturated rings. The summed E-state index contributed by atoms with van der Waals surface area (Å²) < 4.78 is 18.4. The van der Waals surface area contributed by atoms with Crippen LogP contribution in [0.2, 0.25) is 0 Å². The quantitative estimate of drug-likeness (QED) is 0.857. The highest BCUT2D eigenvalue weighted by Gasteiger charge is 2.18. The van der Waals surface area contributed by atoms with Crippen LogP contribution in [0, 0.1) is 17.1 Å². The topological polar surface area (TPSA) is 83.3 Å². The van der Waals surface area contributed by atoms with E-state index in [-0.39, 0.29) is 36.7 Å². The van der Waals surface area contributed by atoms with E-state index >= 15 is 0 Å². The first kappa shape index (κ1) is 14.6. The number of nitrogens with two attached hydrogens (primary N) is 1.